The molecular formula is C47H73N3O5. The molecule has 1 saturated heterocycles. The van der Waals surface area contributed by atoms with Crippen molar-refractivity contribution in [3.63, 3.8) is 0 Å². The molecule has 0 N–H and O–H groups in total. The van der Waals surface area contributed by atoms with Crippen LogP contribution in [-0.4, -0.2) is 49.0 Å². The molecule has 8 heteroatoms. The predicted molar refractivity (Wildman–Crippen MR) is 221 cm³/mol. The van der Waals surface area contributed by atoms with Gasteiger partial charge in [0.25, 0.3) is 0 Å². The highest BCUT2D eigenvalue weighted by Crippen LogP contribution is 2.50. The monoisotopic (exact) mass is 760 g/mol. The Morgan fingerprint density at radius 2 is 1.22 bits per heavy atom. The summed E-state index contributed by atoms with van der Waals surface area (Å²) in [5.74, 6) is 0.230. The second-order valence-corrected chi connectivity index (χ2v) is 17.1. The number of nitrogens with zero attached hydrogens (tertiary/aromatic N) is 3. The first kappa shape index (κ1) is 43.7. The Bertz CT molecular complexity index is 1370. The van der Waals surface area contributed by atoms with E-state index in [1.807, 2.05) is 36.4 Å². The molecule has 1 spiro atoms. The zero-order valence-corrected chi connectivity index (χ0v) is 34.7. The molecule has 2 aliphatic carbocycles. The molecule has 3 unspecified atom stereocenters. The highest BCUT2D eigenvalue weighted by Gasteiger charge is 2.57. The van der Waals surface area contributed by atoms with Crippen LogP contribution in [-0.2, 0) is 36.9 Å². The molecule has 3 aliphatic rings. The maximum atomic E-state index is 9.97. The molecule has 1 heterocycles. The van der Waals surface area contributed by atoms with E-state index >= 15 is 0 Å². The third kappa shape index (κ3) is 13.3. The van der Waals surface area contributed by atoms with Gasteiger partial charge in [-0.05, 0) is 47.8 Å². The number of rotatable bonds is 25. The smallest absolute Gasteiger partial charge is 0.169 e. The minimum absolute atomic E-state index is 0.00917. The van der Waals surface area contributed by atoms with Gasteiger partial charge >= 0.3 is 0 Å². The van der Waals surface area contributed by atoms with Gasteiger partial charge in [-0.1, -0.05) is 177 Å². The number of ether oxygens (including phenoxy) is 5. The quantitative estimate of drug-likeness (QED) is 0.0435. The summed E-state index contributed by atoms with van der Waals surface area (Å²) in [6, 6.07) is 20.0. The fourth-order valence-corrected chi connectivity index (χ4v) is 9.37. The van der Waals surface area contributed by atoms with Gasteiger partial charge in [-0.15, -0.1) is 0 Å². The van der Waals surface area contributed by atoms with Crippen molar-refractivity contribution in [3.8, 4) is 0 Å². The molecule has 3 fully saturated rings. The second-order valence-electron chi connectivity index (χ2n) is 17.1. The third-order valence-electron chi connectivity index (χ3n) is 12.9. The van der Waals surface area contributed by atoms with Gasteiger partial charge in [0.15, 0.2) is 5.79 Å². The zero-order chi connectivity index (χ0) is 38.7. The minimum Gasteiger partial charge on any atom is -0.377 e. The van der Waals surface area contributed by atoms with E-state index in [1.54, 1.807) is 0 Å². The number of unbranched alkanes of at least 4 members (excludes halogenated alkanes) is 11. The Kier molecular flexibility index (Phi) is 18.8. The highest BCUT2D eigenvalue weighted by atomic mass is 16.8. The average Bonchev–Trinajstić information content (AvgIpc) is 3.58. The van der Waals surface area contributed by atoms with E-state index in [4.69, 9.17) is 23.7 Å². The standard InChI is InChI=1S/C47H73N3O5/c1-5-6-7-8-9-10-11-12-13-14-15-23-30-42(51-33-39-26-19-16-20-27-39)46(52-34-40-28-21-17-22-29-40)41(49-50-48)35-53-43-36(2)37(3)44-45(38(43)4)55-47(54-44)31-24-18-25-32-47/h16-17,19-22,26-29,36-38,41-46H,5-15,18,23-25,30-35H2,1-4H3/t36?,37-,38?,41+,42-,43+,44-,45?,46+/m1/s1. The lowest BCUT2D eigenvalue weighted by Crippen LogP contribution is -2.53. The van der Waals surface area contributed by atoms with Gasteiger partial charge in [0, 0.05) is 23.7 Å². The molecule has 0 radical (unpaired) electrons. The first-order valence-electron chi connectivity index (χ1n) is 22.3. The van der Waals surface area contributed by atoms with Crippen LogP contribution in [0.4, 0.5) is 0 Å². The summed E-state index contributed by atoms with van der Waals surface area (Å²) in [4.78, 5) is 3.37. The molecule has 0 bridgehead atoms. The van der Waals surface area contributed by atoms with Crippen LogP contribution < -0.4 is 0 Å². The Morgan fingerprint density at radius 1 is 0.691 bits per heavy atom. The lowest BCUT2D eigenvalue weighted by molar-refractivity contribution is -0.198. The summed E-state index contributed by atoms with van der Waals surface area (Å²) in [7, 11) is 0. The zero-order valence-electron chi connectivity index (χ0n) is 34.7. The lowest BCUT2D eigenvalue weighted by Gasteiger charge is -2.44. The topological polar surface area (TPSA) is 94.9 Å². The predicted octanol–water partition coefficient (Wildman–Crippen LogP) is 12.7. The maximum Gasteiger partial charge on any atom is 0.169 e. The van der Waals surface area contributed by atoms with Crippen LogP contribution in [0.1, 0.15) is 154 Å². The normalized spacial score (nSPS) is 26.3. The molecule has 306 valence electrons. The highest BCUT2D eigenvalue weighted by molar-refractivity contribution is 5.14. The van der Waals surface area contributed by atoms with E-state index in [-0.39, 0.29) is 48.8 Å². The van der Waals surface area contributed by atoms with Gasteiger partial charge in [-0.3, -0.25) is 0 Å². The van der Waals surface area contributed by atoms with Gasteiger partial charge in [0.05, 0.1) is 56.4 Å². The van der Waals surface area contributed by atoms with Gasteiger partial charge in [0.1, 0.15) is 0 Å². The van der Waals surface area contributed by atoms with E-state index in [0.717, 1.165) is 56.1 Å². The molecule has 55 heavy (non-hydrogen) atoms. The third-order valence-corrected chi connectivity index (χ3v) is 12.9. The van der Waals surface area contributed by atoms with Crippen molar-refractivity contribution in [2.75, 3.05) is 6.61 Å². The Labute approximate surface area is 333 Å². The molecule has 1 aliphatic heterocycles. The number of benzene rings is 2. The maximum absolute atomic E-state index is 9.97. The molecule has 2 aromatic carbocycles. The number of hydrogen-bond donors (Lipinski definition) is 0. The van der Waals surface area contributed by atoms with Crippen LogP contribution in [0.15, 0.2) is 65.8 Å². The summed E-state index contributed by atoms with van der Waals surface area (Å²) in [6.07, 6.45) is 21.1. The van der Waals surface area contributed by atoms with Crippen LogP contribution >= 0.6 is 0 Å². The molecular weight excluding hydrogens is 687 g/mol. The molecule has 2 aromatic rings. The summed E-state index contributed by atoms with van der Waals surface area (Å²) < 4.78 is 34.1. The Hall–Kier alpha value is -2.45. The number of fused-ring (bicyclic) bond motifs is 1. The van der Waals surface area contributed by atoms with E-state index in [9.17, 15) is 5.53 Å². The fourth-order valence-electron chi connectivity index (χ4n) is 9.37. The van der Waals surface area contributed by atoms with Crippen molar-refractivity contribution in [1.82, 2.24) is 0 Å². The first-order chi connectivity index (χ1) is 26.9. The number of azide groups is 1. The summed E-state index contributed by atoms with van der Waals surface area (Å²) >= 11 is 0. The van der Waals surface area contributed by atoms with Gasteiger partial charge in [-0.2, -0.15) is 0 Å². The minimum atomic E-state index is -0.565. The molecule has 0 aromatic heterocycles. The van der Waals surface area contributed by atoms with Crippen molar-refractivity contribution < 1.29 is 23.7 Å². The van der Waals surface area contributed by atoms with Crippen molar-refractivity contribution in [1.29, 1.82) is 0 Å². The van der Waals surface area contributed by atoms with Crippen molar-refractivity contribution in [2.24, 2.45) is 22.9 Å². The van der Waals surface area contributed by atoms with Crippen LogP contribution in [0.3, 0.4) is 0 Å². The molecule has 8 nitrogen and oxygen atoms in total. The van der Waals surface area contributed by atoms with Gasteiger partial charge in [0.2, 0.25) is 0 Å². The van der Waals surface area contributed by atoms with E-state index in [0.29, 0.717) is 13.2 Å². The SMILES string of the molecule is CCCCCCCCCCCCCC[C@@H](OCc1ccccc1)[C@@H](OCc1ccccc1)[C@H](CO[C@@H]1C(C)C2OC3(CCCCC3)O[C@@H]2[C@H](C)C1C)N=[N+]=[N-]. The van der Waals surface area contributed by atoms with Crippen molar-refractivity contribution in [2.45, 2.75) is 199 Å². The largest absolute Gasteiger partial charge is 0.377 e. The van der Waals surface area contributed by atoms with Crippen LogP contribution in [0.25, 0.3) is 10.4 Å². The fraction of sp³-hybridized carbons (Fsp3) is 0.745. The van der Waals surface area contributed by atoms with Crippen LogP contribution in [0.5, 0.6) is 0 Å². The lowest BCUT2D eigenvalue weighted by atomic mass is 9.70. The Balaban J connectivity index is 1.25. The molecule has 2 saturated carbocycles. The summed E-state index contributed by atoms with van der Waals surface area (Å²) in [5.41, 5.74) is 12.2. The summed E-state index contributed by atoms with van der Waals surface area (Å²) in [6.45, 7) is 10.2. The Morgan fingerprint density at radius 3 is 1.78 bits per heavy atom. The summed E-state index contributed by atoms with van der Waals surface area (Å²) in [5, 5.41) is 4.41. The van der Waals surface area contributed by atoms with E-state index in [1.165, 1.54) is 70.6 Å². The molecule has 5 rings (SSSR count). The van der Waals surface area contributed by atoms with Crippen LogP contribution in [0.2, 0.25) is 0 Å². The van der Waals surface area contributed by atoms with Crippen molar-refractivity contribution >= 4 is 0 Å². The average molecular weight is 760 g/mol. The van der Waals surface area contributed by atoms with E-state index in [2.05, 4.69) is 62.0 Å². The van der Waals surface area contributed by atoms with Crippen molar-refractivity contribution in [3.05, 3.63) is 82.2 Å². The second kappa shape index (κ2) is 23.7. The van der Waals surface area contributed by atoms with E-state index < -0.39 is 17.9 Å². The van der Waals surface area contributed by atoms with Gasteiger partial charge in [-0.25, -0.2) is 0 Å². The van der Waals surface area contributed by atoms with Crippen LogP contribution in [0, 0.1) is 17.8 Å². The molecule has 9 atom stereocenters. The molecule has 0 amide bonds. The first-order valence-corrected chi connectivity index (χ1v) is 22.3. The van der Waals surface area contributed by atoms with Gasteiger partial charge < -0.3 is 23.7 Å². The number of hydrogen-bond acceptors (Lipinski definition) is 6.